The zero-order valence-electron chi connectivity index (χ0n) is 14.3. The molecule has 0 radical (unpaired) electrons. The van der Waals surface area contributed by atoms with Crippen LogP contribution in [0.1, 0.15) is 47.6 Å². The number of hydrogen-bond acceptors (Lipinski definition) is 2. The fourth-order valence-corrected chi connectivity index (χ4v) is 3.60. The Morgan fingerprint density at radius 3 is 2.23 bits per heavy atom. The van der Waals surface area contributed by atoms with Crippen molar-refractivity contribution in [3.8, 4) is 11.5 Å². The van der Waals surface area contributed by atoms with Gasteiger partial charge in [-0.15, -0.1) is 0 Å². The van der Waals surface area contributed by atoms with Gasteiger partial charge in [-0.3, -0.25) is 0 Å². The number of fused-ring (bicyclic) bond motifs is 1. The minimum Gasteiger partial charge on any atom is -0.497 e. The predicted molar refractivity (Wildman–Crippen MR) is 90.2 cm³/mol. The average molecular weight is 296 g/mol. The molecule has 1 heterocycles. The molecule has 0 saturated carbocycles. The zero-order chi connectivity index (χ0) is 16.1. The van der Waals surface area contributed by atoms with Crippen molar-refractivity contribution in [1.82, 2.24) is 0 Å². The predicted octanol–water partition coefficient (Wildman–Crippen LogP) is 4.92. The van der Waals surface area contributed by atoms with Gasteiger partial charge >= 0.3 is 0 Å². The van der Waals surface area contributed by atoms with E-state index < -0.39 is 0 Å². The standard InChI is InChI=1S/C20H24O2/c1-12-11-13(2)17-18(15-7-9-16(21-6)10-8-15)20(4,5)22-19(17)14(12)3/h7-11,18H,1-6H3. The van der Waals surface area contributed by atoms with Gasteiger partial charge in [-0.25, -0.2) is 0 Å². The second kappa shape index (κ2) is 5.05. The van der Waals surface area contributed by atoms with Gasteiger partial charge in [-0.05, 0) is 69.0 Å². The first kappa shape index (κ1) is 15.0. The number of methoxy groups -OCH3 is 1. The highest BCUT2D eigenvalue weighted by Crippen LogP contribution is 2.51. The first-order valence-electron chi connectivity index (χ1n) is 7.79. The van der Waals surface area contributed by atoms with Crippen molar-refractivity contribution in [1.29, 1.82) is 0 Å². The molecule has 0 aromatic heterocycles. The number of rotatable bonds is 2. The first-order chi connectivity index (χ1) is 10.3. The van der Waals surface area contributed by atoms with Crippen molar-refractivity contribution < 1.29 is 9.47 Å². The molecular formula is C20H24O2. The van der Waals surface area contributed by atoms with Gasteiger partial charge in [0, 0.05) is 5.56 Å². The first-order valence-corrected chi connectivity index (χ1v) is 7.79. The normalized spacial score (nSPS) is 18.7. The highest BCUT2D eigenvalue weighted by molar-refractivity contribution is 5.58. The summed E-state index contributed by atoms with van der Waals surface area (Å²) in [6.07, 6.45) is 0. The largest absolute Gasteiger partial charge is 0.497 e. The number of ether oxygens (including phenoxy) is 2. The van der Waals surface area contributed by atoms with E-state index in [-0.39, 0.29) is 11.5 Å². The highest BCUT2D eigenvalue weighted by Gasteiger charge is 2.43. The van der Waals surface area contributed by atoms with E-state index in [1.807, 2.05) is 12.1 Å². The van der Waals surface area contributed by atoms with E-state index in [0.29, 0.717) is 0 Å². The summed E-state index contributed by atoms with van der Waals surface area (Å²) in [4.78, 5) is 0. The van der Waals surface area contributed by atoms with E-state index in [1.54, 1.807) is 7.11 Å². The Morgan fingerprint density at radius 2 is 1.64 bits per heavy atom. The topological polar surface area (TPSA) is 18.5 Å². The number of benzene rings is 2. The van der Waals surface area contributed by atoms with E-state index in [1.165, 1.54) is 27.8 Å². The van der Waals surface area contributed by atoms with Crippen LogP contribution in [0.5, 0.6) is 11.5 Å². The molecule has 0 saturated heterocycles. The number of hydrogen-bond donors (Lipinski definition) is 0. The van der Waals surface area contributed by atoms with Gasteiger partial charge in [0.15, 0.2) is 0 Å². The summed E-state index contributed by atoms with van der Waals surface area (Å²) in [7, 11) is 1.70. The molecule has 3 rings (SSSR count). The molecular weight excluding hydrogens is 272 g/mol. The second-order valence-electron chi connectivity index (χ2n) is 6.79. The van der Waals surface area contributed by atoms with Crippen LogP contribution < -0.4 is 9.47 Å². The SMILES string of the molecule is COc1ccc(C2c3c(C)cc(C)c(C)c3OC2(C)C)cc1. The van der Waals surface area contributed by atoms with Gasteiger partial charge in [0.1, 0.15) is 17.1 Å². The van der Waals surface area contributed by atoms with Crippen LogP contribution in [0.3, 0.4) is 0 Å². The van der Waals surface area contributed by atoms with Crippen molar-refractivity contribution in [2.45, 2.75) is 46.1 Å². The van der Waals surface area contributed by atoms with Crippen molar-refractivity contribution in [3.63, 3.8) is 0 Å². The maximum absolute atomic E-state index is 6.38. The van der Waals surface area contributed by atoms with Crippen LogP contribution in [0, 0.1) is 20.8 Å². The fourth-order valence-electron chi connectivity index (χ4n) is 3.60. The molecule has 2 aromatic carbocycles. The minimum absolute atomic E-state index is 0.243. The molecule has 22 heavy (non-hydrogen) atoms. The second-order valence-corrected chi connectivity index (χ2v) is 6.79. The Kier molecular flexibility index (Phi) is 3.43. The van der Waals surface area contributed by atoms with Crippen molar-refractivity contribution in [3.05, 3.63) is 58.1 Å². The molecule has 2 heteroatoms. The Bertz CT molecular complexity index is 711. The highest BCUT2D eigenvalue weighted by atomic mass is 16.5. The summed E-state index contributed by atoms with van der Waals surface area (Å²) in [5.41, 5.74) is 6.21. The van der Waals surface area contributed by atoms with Gasteiger partial charge in [-0.1, -0.05) is 18.2 Å². The third-order valence-corrected chi connectivity index (χ3v) is 4.83. The lowest BCUT2D eigenvalue weighted by Gasteiger charge is -2.27. The molecule has 0 spiro atoms. The lowest BCUT2D eigenvalue weighted by atomic mass is 9.79. The molecule has 1 aliphatic heterocycles. The Balaban J connectivity index is 2.18. The third kappa shape index (κ3) is 2.18. The monoisotopic (exact) mass is 296 g/mol. The number of aryl methyl sites for hydroxylation is 2. The molecule has 2 aromatic rings. The van der Waals surface area contributed by atoms with Gasteiger partial charge < -0.3 is 9.47 Å². The molecule has 0 amide bonds. The van der Waals surface area contributed by atoms with E-state index >= 15 is 0 Å². The molecule has 1 unspecified atom stereocenters. The molecule has 0 N–H and O–H groups in total. The van der Waals surface area contributed by atoms with E-state index in [2.05, 4.69) is 52.8 Å². The van der Waals surface area contributed by atoms with Crippen LogP contribution in [0.25, 0.3) is 0 Å². The minimum atomic E-state index is -0.250. The van der Waals surface area contributed by atoms with Crippen LogP contribution in [0.2, 0.25) is 0 Å². The zero-order valence-corrected chi connectivity index (χ0v) is 14.3. The maximum atomic E-state index is 6.38. The van der Waals surface area contributed by atoms with Crippen LogP contribution in [0.15, 0.2) is 30.3 Å². The van der Waals surface area contributed by atoms with Crippen LogP contribution in [-0.2, 0) is 0 Å². The van der Waals surface area contributed by atoms with Crippen LogP contribution in [-0.4, -0.2) is 12.7 Å². The quantitative estimate of drug-likeness (QED) is 0.783. The molecule has 1 atom stereocenters. The van der Waals surface area contributed by atoms with Gasteiger partial charge in [0.05, 0.1) is 13.0 Å². The molecule has 2 nitrogen and oxygen atoms in total. The summed E-state index contributed by atoms with van der Waals surface area (Å²) in [6, 6.07) is 10.6. The van der Waals surface area contributed by atoms with Gasteiger partial charge in [0.2, 0.25) is 0 Å². The lowest BCUT2D eigenvalue weighted by molar-refractivity contribution is 0.121. The van der Waals surface area contributed by atoms with E-state index in [9.17, 15) is 0 Å². The van der Waals surface area contributed by atoms with Gasteiger partial charge in [-0.2, -0.15) is 0 Å². The maximum Gasteiger partial charge on any atom is 0.127 e. The smallest absolute Gasteiger partial charge is 0.127 e. The third-order valence-electron chi connectivity index (χ3n) is 4.83. The Labute approximate surface area is 133 Å². The molecule has 0 fully saturated rings. The van der Waals surface area contributed by atoms with Crippen LogP contribution >= 0.6 is 0 Å². The molecule has 1 aliphatic rings. The van der Waals surface area contributed by atoms with E-state index in [4.69, 9.17) is 9.47 Å². The van der Waals surface area contributed by atoms with Crippen molar-refractivity contribution in [2.75, 3.05) is 7.11 Å². The summed E-state index contributed by atoms with van der Waals surface area (Å²) < 4.78 is 11.7. The fraction of sp³-hybridized carbons (Fsp3) is 0.400. The lowest BCUT2D eigenvalue weighted by Crippen LogP contribution is -2.31. The Hall–Kier alpha value is -1.96. The van der Waals surface area contributed by atoms with Crippen molar-refractivity contribution in [2.24, 2.45) is 0 Å². The van der Waals surface area contributed by atoms with Crippen LogP contribution in [0.4, 0.5) is 0 Å². The Morgan fingerprint density at radius 1 is 1.00 bits per heavy atom. The summed E-state index contributed by atoms with van der Waals surface area (Å²) in [5, 5.41) is 0. The van der Waals surface area contributed by atoms with Gasteiger partial charge in [0.25, 0.3) is 0 Å². The molecule has 116 valence electrons. The summed E-state index contributed by atoms with van der Waals surface area (Å²) in [6.45, 7) is 10.8. The summed E-state index contributed by atoms with van der Waals surface area (Å²) >= 11 is 0. The molecule has 0 aliphatic carbocycles. The van der Waals surface area contributed by atoms with Crippen molar-refractivity contribution >= 4 is 0 Å². The average Bonchev–Trinajstić information content (AvgIpc) is 2.77. The molecule has 0 bridgehead atoms. The van der Waals surface area contributed by atoms with E-state index in [0.717, 1.165) is 11.5 Å². The summed E-state index contributed by atoms with van der Waals surface area (Å²) in [5.74, 6) is 2.20.